The van der Waals surface area contributed by atoms with Crippen LogP contribution >= 0.6 is 0 Å². The largest absolute Gasteiger partial charge is 0.459 e. The molecule has 0 bridgehead atoms. The Morgan fingerprint density at radius 3 is 2.97 bits per heavy atom. The quantitative estimate of drug-likeness (QED) is 0.474. The Morgan fingerprint density at radius 1 is 1.28 bits per heavy atom. The highest BCUT2D eigenvalue weighted by molar-refractivity contribution is 6.27. The van der Waals surface area contributed by atoms with Crippen LogP contribution in [-0.4, -0.2) is 27.8 Å². The van der Waals surface area contributed by atoms with E-state index in [4.69, 9.17) is 9.47 Å². The van der Waals surface area contributed by atoms with Gasteiger partial charge in [0.2, 0.25) is 5.78 Å². The highest BCUT2D eigenvalue weighted by Crippen LogP contribution is 2.32. The van der Waals surface area contributed by atoms with E-state index in [1.807, 2.05) is 18.2 Å². The van der Waals surface area contributed by atoms with E-state index in [9.17, 15) is 9.59 Å². The van der Waals surface area contributed by atoms with Crippen molar-refractivity contribution in [2.75, 3.05) is 0 Å². The van der Waals surface area contributed by atoms with E-state index < -0.39 is 11.8 Å². The van der Waals surface area contributed by atoms with Gasteiger partial charge in [-0.2, -0.15) is 0 Å². The topological polar surface area (TPSA) is 93.3 Å². The highest BCUT2D eigenvalue weighted by Gasteiger charge is 2.38. The maximum Gasteiger partial charge on any atom is 0.346 e. The molecule has 0 aromatic carbocycles. The molecule has 0 saturated carbocycles. The van der Waals surface area contributed by atoms with Gasteiger partial charge in [0.15, 0.2) is 17.1 Å². The average molecular weight is 389 g/mol. The van der Waals surface area contributed by atoms with E-state index in [-0.39, 0.29) is 23.2 Å². The molecular formula is C22H19N3O4. The SMILES string of the molecule is CC(C)OC(=O)C1=C(C2=CC=CC=CN2)OC(=Cc2c[nH]c3ncccc23)C1=O. The molecule has 0 atom stereocenters. The van der Waals surface area contributed by atoms with Crippen LogP contribution < -0.4 is 5.32 Å². The average Bonchev–Trinajstić information content (AvgIpc) is 3.11. The third-order valence-electron chi connectivity index (χ3n) is 4.27. The first-order chi connectivity index (χ1) is 14.0. The van der Waals surface area contributed by atoms with Crippen LogP contribution in [0.15, 0.2) is 77.8 Å². The van der Waals surface area contributed by atoms with Gasteiger partial charge in [-0.25, -0.2) is 9.78 Å². The van der Waals surface area contributed by atoms with Gasteiger partial charge in [0, 0.05) is 29.5 Å². The summed E-state index contributed by atoms with van der Waals surface area (Å²) in [6.07, 6.45) is 13.5. The highest BCUT2D eigenvalue weighted by atomic mass is 16.5. The molecule has 2 aromatic rings. The molecule has 7 heteroatoms. The molecule has 2 N–H and O–H groups in total. The van der Waals surface area contributed by atoms with Gasteiger partial charge in [-0.1, -0.05) is 12.2 Å². The molecule has 0 radical (unpaired) electrons. The molecule has 4 rings (SSSR count). The van der Waals surface area contributed by atoms with E-state index in [1.165, 1.54) is 0 Å². The second-order valence-corrected chi connectivity index (χ2v) is 6.71. The number of ether oxygens (including phenoxy) is 2. The number of rotatable bonds is 4. The van der Waals surface area contributed by atoms with Gasteiger partial charge in [-0.3, -0.25) is 4.79 Å². The number of carbonyl (C=O) groups excluding carboxylic acids is 2. The molecule has 0 amide bonds. The van der Waals surface area contributed by atoms with Gasteiger partial charge in [0.25, 0.3) is 0 Å². The maximum absolute atomic E-state index is 13.1. The summed E-state index contributed by atoms with van der Waals surface area (Å²) in [5.74, 6) is -1.06. The summed E-state index contributed by atoms with van der Waals surface area (Å²) in [5, 5.41) is 3.86. The molecule has 2 aliphatic heterocycles. The Kier molecular flexibility index (Phi) is 4.87. The number of aromatic amines is 1. The first-order valence-electron chi connectivity index (χ1n) is 9.16. The first-order valence-corrected chi connectivity index (χ1v) is 9.16. The number of carbonyl (C=O) groups is 2. The fourth-order valence-electron chi connectivity index (χ4n) is 3.01. The van der Waals surface area contributed by atoms with Crippen LogP contribution in [-0.2, 0) is 19.1 Å². The molecule has 7 nitrogen and oxygen atoms in total. The van der Waals surface area contributed by atoms with Crippen molar-refractivity contribution in [1.82, 2.24) is 15.3 Å². The summed E-state index contributed by atoms with van der Waals surface area (Å²) >= 11 is 0. The number of Topliss-reactive ketones (excluding diaryl/α,β-unsaturated/α-hetero) is 1. The molecule has 0 unspecified atom stereocenters. The molecule has 146 valence electrons. The van der Waals surface area contributed by atoms with Crippen LogP contribution in [0.25, 0.3) is 17.1 Å². The minimum absolute atomic E-state index is 0.0420. The normalized spacial score (nSPS) is 17.6. The van der Waals surface area contributed by atoms with Gasteiger partial charge in [0.1, 0.15) is 5.65 Å². The monoisotopic (exact) mass is 389 g/mol. The van der Waals surface area contributed by atoms with Crippen LogP contribution in [0.5, 0.6) is 0 Å². The molecule has 0 spiro atoms. The van der Waals surface area contributed by atoms with Crippen molar-refractivity contribution in [3.63, 3.8) is 0 Å². The zero-order chi connectivity index (χ0) is 20.4. The first kappa shape index (κ1) is 18.5. The lowest BCUT2D eigenvalue weighted by Gasteiger charge is -2.10. The minimum atomic E-state index is -0.719. The zero-order valence-electron chi connectivity index (χ0n) is 15.9. The predicted octanol–water partition coefficient (Wildman–Crippen LogP) is 3.27. The third kappa shape index (κ3) is 3.62. The summed E-state index contributed by atoms with van der Waals surface area (Å²) in [6.45, 7) is 3.45. The van der Waals surface area contributed by atoms with E-state index in [2.05, 4.69) is 15.3 Å². The Labute approximate surface area is 167 Å². The van der Waals surface area contributed by atoms with Crippen molar-refractivity contribution in [2.24, 2.45) is 0 Å². The maximum atomic E-state index is 13.1. The molecular weight excluding hydrogens is 370 g/mol. The second kappa shape index (κ2) is 7.63. The number of aromatic nitrogens is 2. The van der Waals surface area contributed by atoms with E-state index in [0.29, 0.717) is 11.3 Å². The molecule has 0 aliphatic carbocycles. The van der Waals surface area contributed by atoms with E-state index >= 15 is 0 Å². The summed E-state index contributed by atoms with van der Waals surface area (Å²) < 4.78 is 11.1. The standard InChI is InChI=1S/C22H19N3O4/c1-13(2)28-22(27)18-19(26)17(29-20(18)16-8-4-3-5-9-23-16)11-14-12-25-21-15(14)7-6-10-24-21/h3-13,23H,1-2H3,(H,24,25). The van der Waals surface area contributed by atoms with Crippen LogP contribution in [0.1, 0.15) is 19.4 Å². The van der Waals surface area contributed by atoms with Gasteiger partial charge in [-0.15, -0.1) is 0 Å². The fraction of sp³-hybridized carbons (Fsp3) is 0.136. The lowest BCUT2D eigenvalue weighted by molar-refractivity contribution is -0.143. The predicted molar refractivity (Wildman–Crippen MR) is 108 cm³/mol. The molecule has 4 heterocycles. The number of H-pyrrole nitrogens is 1. The second-order valence-electron chi connectivity index (χ2n) is 6.71. The molecule has 0 fully saturated rings. The number of ketones is 1. The fourth-order valence-corrected chi connectivity index (χ4v) is 3.01. The molecule has 2 aliphatic rings. The lowest BCUT2D eigenvalue weighted by Crippen LogP contribution is -2.19. The van der Waals surface area contributed by atoms with Gasteiger partial charge >= 0.3 is 5.97 Å². The van der Waals surface area contributed by atoms with Crippen molar-refractivity contribution >= 4 is 28.9 Å². The molecule has 2 aromatic heterocycles. The number of hydrogen-bond donors (Lipinski definition) is 2. The van der Waals surface area contributed by atoms with E-state index in [0.717, 1.165) is 10.9 Å². The molecule has 0 saturated heterocycles. The number of esters is 1. The zero-order valence-corrected chi connectivity index (χ0v) is 15.9. The van der Waals surface area contributed by atoms with Crippen LogP contribution in [0.2, 0.25) is 0 Å². The number of nitrogens with one attached hydrogen (secondary N) is 2. The summed E-state index contributed by atoms with van der Waals surface area (Å²) in [7, 11) is 0. The van der Waals surface area contributed by atoms with Crippen LogP contribution in [0.3, 0.4) is 0 Å². The van der Waals surface area contributed by atoms with E-state index in [1.54, 1.807) is 56.7 Å². The number of allylic oxidation sites excluding steroid dienone is 5. The van der Waals surface area contributed by atoms with Crippen molar-refractivity contribution < 1.29 is 19.1 Å². The minimum Gasteiger partial charge on any atom is -0.459 e. The van der Waals surface area contributed by atoms with Crippen molar-refractivity contribution in [3.05, 3.63) is 83.4 Å². The summed E-state index contributed by atoms with van der Waals surface area (Å²) in [6, 6.07) is 3.70. The summed E-state index contributed by atoms with van der Waals surface area (Å²) in [4.78, 5) is 33.0. The number of pyridine rings is 1. The van der Waals surface area contributed by atoms with Crippen LogP contribution in [0, 0.1) is 0 Å². The molecule has 29 heavy (non-hydrogen) atoms. The van der Waals surface area contributed by atoms with Gasteiger partial charge < -0.3 is 19.8 Å². The Hall–Kier alpha value is -3.87. The van der Waals surface area contributed by atoms with Crippen LogP contribution in [0.4, 0.5) is 0 Å². The Morgan fingerprint density at radius 2 is 2.14 bits per heavy atom. The van der Waals surface area contributed by atoms with Crippen molar-refractivity contribution in [1.29, 1.82) is 0 Å². The Balaban J connectivity index is 1.76. The van der Waals surface area contributed by atoms with Crippen molar-refractivity contribution in [2.45, 2.75) is 20.0 Å². The smallest absolute Gasteiger partial charge is 0.346 e. The number of nitrogens with zero attached hydrogens (tertiary/aromatic N) is 1. The van der Waals surface area contributed by atoms with Crippen molar-refractivity contribution in [3.8, 4) is 0 Å². The Bertz CT molecular complexity index is 1150. The number of hydrogen-bond acceptors (Lipinski definition) is 6. The van der Waals surface area contributed by atoms with Gasteiger partial charge in [0.05, 0.1) is 11.8 Å². The summed E-state index contributed by atoms with van der Waals surface area (Å²) in [5.41, 5.74) is 1.78. The number of fused-ring (bicyclic) bond motifs is 1. The lowest BCUT2D eigenvalue weighted by atomic mass is 10.1. The van der Waals surface area contributed by atoms with Gasteiger partial charge in [-0.05, 0) is 44.2 Å². The third-order valence-corrected chi connectivity index (χ3v) is 4.27.